The van der Waals surface area contributed by atoms with Crippen molar-refractivity contribution in [2.75, 3.05) is 17.3 Å². The SMILES string of the molecule is Cc1cc(Br)ccc1C(=O)N(C)c1cccc(C(=O)Nc2c(I)cc(C(F)(C(F)(F)F)C(F)(F)F)cc2C(F)(F)F)c1F. The van der Waals surface area contributed by atoms with Gasteiger partial charge in [0.05, 0.1) is 22.5 Å². The van der Waals surface area contributed by atoms with Crippen molar-refractivity contribution >= 4 is 61.7 Å². The van der Waals surface area contributed by atoms with Crippen LogP contribution in [-0.4, -0.2) is 31.2 Å². The van der Waals surface area contributed by atoms with E-state index < -0.39 is 79.5 Å². The number of anilines is 2. The lowest BCUT2D eigenvalue weighted by Crippen LogP contribution is -2.50. The molecule has 232 valence electrons. The minimum Gasteiger partial charge on any atom is -0.320 e. The lowest BCUT2D eigenvalue weighted by atomic mass is 9.92. The number of rotatable bonds is 5. The van der Waals surface area contributed by atoms with Crippen LogP contribution in [0.3, 0.4) is 0 Å². The van der Waals surface area contributed by atoms with E-state index in [9.17, 15) is 53.5 Å². The first kappa shape index (κ1) is 34.5. The molecule has 4 nitrogen and oxygen atoms in total. The summed E-state index contributed by atoms with van der Waals surface area (Å²) >= 11 is 4.11. The van der Waals surface area contributed by atoms with Crippen LogP contribution in [-0.2, 0) is 11.8 Å². The van der Waals surface area contributed by atoms with Crippen LogP contribution in [0.15, 0.2) is 53.0 Å². The van der Waals surface area contributed by atoms with E-state index >= 15 is 4.39 Å². The molecule has 0 heterocycles. The number of carbonyl (C=O) groups excluding carboxylic acids is 2. The second-order valence-corrected chi connectivity index (χ2v) is 11.0. The van der Waals surface area contributed by atoms with Crippen molar-refractivity contribution in [1.82, 2.24) is 0 Å². The summed E-state index contributed by atoms with van der Waals surface area (Å²) in [5.74, 6) is -3.72. The van der Waals surface area contributed by atoms with E-state index in [0.717, 1.165) is 52.7 Å². The van der Waals surface area contributed by atoms with Gasteiger partial charge in [-0.2, -0.15) is 39.5 Å². The molecule has 17 heteroatoms. The molecule has 3 rings (SSSR count). The molecule has 0 spiro atoms. The zero-order valence-corrected chi connectivity index (χ0v) is 25.0. The molecule has 0 aromatic heterocycles. The van der Waals surface area contributed by atoms with Gasteiger partial charge in [-0.1, -0.05) is 22.0 Å². The van der Waals surface area contributed by atoms with E-state index in [1.807, 2.05) is 0 Å². The Morgan fingerprint density at radius 2 is 1.44 bits per heavy atom. The van der Waals surface area contributed by atoms with Crippen LogP contribution in [0, 0.1) is 16.3 Å². The number of hydrogen-bond acceptors (Lipinski definition) is 2. The Bertz CT molecular complexity index is 1570. The normalized spacial score (nSPS) is 12.7. The topological polar surface area (TPSA) is 49.4 Å². The van der Waals surface area contributed by atoms with Gasteiger partial charge in [-0.25, -0.2) is 8.78 Å². The highest BCUT2D eigenvalue weighted by Crippen LogP contribution is 2.54. The maximum atomic E-state index is 15.4. The molecule has 43 heavy (non-hydrogen) atoms. The summed E-state index contributed by atoms with van der Waals surface area (Å²) in [6.45, 7) is 1.59. The molecule has 0 aliphatic heterocycles. The highest BCUT2D eigenvalue weighted by molar-refractivity contribution is 14.1. The molecule has 0 radical (unpaired) electrons. The van der Waals surface area contributed by atoms with E-state index in [0.29, 0.717) is 10.0 Å². The van der Waals surface area contributed by atoms with Gasteiger partial charge in [0.15, 0.2) is 5.82 Å². The maximum Gasteiger partial charge on any atom is 0.435 e. The number of nitrogens with zero attached hydrogens (tertiary/aromatic N) is 1. The summed E-state index contributed by atoms with van der Waals surface area (Å²) in [4.78, 5) is 26.7. The molecule has 0 saturated carbocycles. The minimum absolute atomic E-state index is 0.145. The molecule has 0 aliphatic rings. The largest absolute Gasteiger partial charge is 0.435 e. The minimum atomic E-state index is -6.70. The number of alkyl halides is 10. The summed E-state index contributed by atoms with van der Waals surface area (Å²) in [5.41, 5.74) is -13.0. The van der Waals surface area contributed by atoms with Crippen molar-refractivity contribution in [3.63, 3.8) is 0 Å². The number of benzene rings is 3. The lowest BCUT2D eigenvalue weighted by Gasteiger charge is -2.31. The number of carbonyl (C=O) groups is 2. The van der Waals surface area contributed by atoms with Crippen molar-refractivity contribution in [2.45, 2.75) is 31.1 Å². The molecular weight excluding hydrogens is 788 g/mol. The predicted octanol–water partition coefficient (Wildman–Crippen LogP) is 9.34. The van der Waals surface area contributed by atoms with Crippen molar-refractivity contribution in [3.05, 3.63) is 90.2 Å². The highest BCUT2D eigenvalue weighted by atomic mass is 127. The Labute approximate surface area is 257 Å². The quantitative estimate of drug-likeness (QED) is 0.207. The van der Waals surface area contributed by atoms with Crippen LogP contribution >= 0.6 is 38.5 Å². The second kappa shape index (κ2) is 11.9. The van der Waals surface area contributed by atoms with Crippen molar-refractivity contribution in [2.24, 2.45) is 0 Å². The number of amides is 2. The average Bonchev–Trinajstić information content (AvgIpc) is 2.86. The Morgan fingerprint density at radius 1 is 0.860 bits per heavy atom. The zero-order valence-electron chi connectivity index (χ0n) is 21.3. The second-order valence-electron chi connectivity index (χ2n) is 8.95. The van der Waals surface area contributed by atoms with Gasteiger partial charge in [0.25, 0.3) is 11.8 Å². The van der Waals surface area contributed by atoms with Gasteiger partial charge >= 0.3 is 24.2 Å². The lowest BCUT2D eigenvalue weighted by molar-refractivity contribution is -0.348. The Kier molecular flexibility index (Phi) is 9.52. The zero-order chi connectivity index (χ0) is 32.9. The third-order valence-electron chi connectivity index (χ3n) is 6.12. The van der Waals surface area contributed by atoms with Gasteiger partial charge in [0.2, 0.25) is 0 Å². The smallest absolute Gasteiger partial charge is 0.320 e. The van der Waals surface area contributed by atoms with Gasteiger partial charge in [0, 0.05) is 26.2 Å². The molecule has 0 unspecified atom stereocenters. The summed E-state index contributed by atoms with van der Waals surface area (Å²) in [7, 11) is 1.15. The molecule has 0 bridgehead atoms. The third-order valence-corrected chi connectivity index (χ3v) is 7.47. The van der Waals surface area contributed by atoms with Gasteiger partial charge < -0.3 is 10.2 Å². The number of hydrogen-bond donors (Lipinski definition) is 1. The van der Waals surface area contributed by atoms with E-state index in [2.05, 4.69) is 15.9 Å². The average molecular weight is 803 g/mol. The molecule has 0 atom stereocenters. The first-order chi connectivity index (χ1) is 19.5. The summed E-state index contributed by atoms with van der Waals surface area (Å²) in [6.07, 6.45) is -19.1. The van der Waals surface area contributed by atoms with Crippen LogP contribution in [0.25, 0.3) is 0 Å². The van der Waals surface area contributed by atoms with Gasteiger partial charge in [-0.15, -0.1) is 0 Å². The summed E-state index contributed by atoms with van der Waals surface area (Å²) in [6, 6.07) is 6.65. The molecular formula is C26H15BrF11IN2O2. The fraction of sp³-hybridized carbons (Fsp3) is 0.231. The molecule has 1 N–H and O–H groups in total. The number of aryl methyl sites for hydroxylation is 1. The van der Waals surface area contributed by atoms with Crippen LogP contribution < -0.4 is 10.2 Å². The Hall–Kier alpha value is -2.96. The van der Waals surface area contributed by atoms with E-state index in [4.69, 9.17) is 0 Å². The molecule has 0 saturated heterocycles. The van der Waals surface area contributed by atoms with Crippen molar-refractivity contribution in [3.8, 4) is 0 Å². The van der Waals surface area contributed by atoms with E-state index in [-0.39, 0.29) is 11.6 Å². The Balaban J connectivity index is 2.08. The highest BCUT2D eigenvalue weighted by Gasteiger charge is 2.73. The Morgan fingerprint density at radius 3 is 1.95 bits per heavy atom. The first-order valence-electron chi connectivity index (χ1n) is 11.4. The van der Waals surface area contributed by atoms with Crippen LogP contribution in [0.1, 0.15) is 37.4 Å². The van der Waals surface area contributed by atoms with Gasteiger partial charge in [-0.05, 0) is 77.5 Å². The molecule has 2 amide bonds. The van der Waals surface area contributed by atoms with Gasteiger partial charge in [0.1, 0.15) is 0 Å². The number of nitrogens with one attached hydrogen (secondary N) is 1. The molecule has 0 fully saturated rings. The molecule has 3 aromatic rings. The van der Waals surface area contributed by atoms with E-state index in [1.54, 1.807) is 18.3 Å². The van der Waals surface area contributed by atoms with E-state index in [1.165, 1.54) is 12.1 Å². The fourth-order valence-electron chi connectivity index (χ4n) is 3.94. The predicted molar refractivity (Wildman–Crippen MR) is 145 cm³/mol. The van der Waals surface area contributed by atoms with Gasteiger partial charge in [-0.3, -0.25) is 9.59 Å². The van der Waals surface area contributed by atoms with Crippen LogP contribution in [0.2, 0.25) is 0 Å². The molecule has 3 aromatic carbocycles. The monoisotopic (exact) mass is 802 g/mol. The number of halogens is 13. The van der Waals surface area contributed by atoms with Crippen LogP contribution in [0.5, 0.6) is 0 Å². The maximum absolute atomic E-state index is 15.4. The fourth-order valence-corrected chi connectivity index (χ4v) is 5.17. The van der Waals surface area contributed by atoms with Crippen LogP contribution in [0.4, 0.5) is 59.7 Å². The summed E-state index contributed by atoms with van der Waals surface area (Å²) < 4.78 is 150. The summed E-state index contributed by atoms with van der Waals surface area (Å²) in [5, 5.41) is 1.64. The first-order valence-corrected chi connectivity index (χ1v) is 13.3. The third kappa shape index (κ3) is 6.61. The standard InChI is InChI=1S/C26H15BrF11IN2O2/c1-11-8-13(27)6-7-14(11)22(43)41(2)18-5-3-4-15(19(18)28)21(42)40-20-16(24(30,31)32)9-12(10-17(20)39)23(29,25(33,34)35)26(36,37)38/h3-10H,1-2H3,(H,40,42). The van der Waals surface area contributed by atoms with Crippen molar-refractivity contribution in [1.29, 1.82) is 0 Å². The molecule has 0 aliphatic carbocycles. The van der Waals surface area contributed by atoms with Crippen molar-refractivity contribution < 1.29 is 57.9 Å².